The molecular formula is C16H12BrN3O3. The molecule has 0 radical (unpaired) electrons. The van der Waals surface area contributed by atoms with E-state index in [2.05, 4.69) is 15.9 Å². The van der Waals surface area contributed by atoms with Gasteiger partial charge in [0.1, 0.15) is 0 Å². The Morgan fingerprint density at radius 3 is 2.22 bits per heavy atom. The summed E-state index contributed by atoms with van der Waals surface area (Å²) in [6.07, 6.45) is 0. The number of nitrogens with one attached hydrogen (secondary N) is 1. The van der Waals surface area contributed by atoms with Gasteiger partial charge in [0.2, 0.25) is 0 Å². The summed E-state index contributed by atoms with van der Waals surface area (Å²) in [6.45, 7) is 0.122. The van der Waals surface area contributed by atoms with Crippen LogP contribution in [0.1, 0.15) is 36.6 Å². The van der Waals surface area contributed by atoms with Crippen molar-refractivity contribution >= 4 is 33.7 Å². The molecule has 0 bridgehead atoms. The van der Waals surface area contributed by atoms with E-state index in [1.165, 1.54) is 4.90 Å². The number of hydrogen-bond acceptors (Lipinski definition) is 4. The molecule has 0 fully saturated rings. The zero-order chi connectivity index (χ0) is 16.6. The Morgan fingerprint density at radius 2 is 1.70 bits per heavy atom. The molecule has 7 heteroatoms. The predicted octanol–water partition coefficient (Wildman–Crippen LogP) is 1.85. The average molecular weight is 374 g/mol. The van der Waals surface area contributed by atoms with Gasteiger partial charge in [-0.05, 0) is 29.8 Å². The number of carbonyl (C=O) groups excluding carboxylic acids is 3. The van der Waals surface area contributed by atoms with Gasteiger partial charge in [-0.25, -0.2) is 5.84 Å². The zero-order valence-corrected chi connectivity index (χ0v) is 13.5. The minimum Gasteiger partial charge on any atom is -0.290 e. The molecule has 0 aromatic heterocycles. The van der Waals surface area contributed by atoms with Crippen LogP contribution in [0.2, 0.25) is 0 Å². The molecular weight excluding hydrogens is 362 g/mol. The van der Waals surface area contributed by atoms with Gasteiger partial charge in [-0.2, -0.15) is 0 Å². The molecule has 1 heterocycles. The summed E-state index contributed by atoms with van der Waals surface area (Å²) in [6, 6.07) is 11.6. The molecule has 1 aliphatic rings. The molecule has 116 valence electrons. The molecule has 3 N–H and O–H groups in total. The molecule has 3 amide bonds. The van der Waals surface area contributed by atoms with Gasteiger partial charge in [-0.3, -0.25) is 24.7 Å². The van der Waals surface area contributed by atoms with Crippen molar-refractivity contribution < 1.29 is 14.4 Å². The highest BCUT2D eigenvalue weighted by molar-refractivity contribution is 9.10. The highest BCUT2D eigenvalue weighted by atomic mass is 79.9. The first-order valence-electron chi connectivity index (χ1n) is 6.77. The fourth-order valence-electron chi connectivity index (χ4n) is 2.45. The number of halogens is 1. The second kappa shape index (κ2) is 5.94. The van der Waals surface area contributed by atoms with Crippen molar-refractivity contribution in [3.63, 3.8) is 0 Å². The third-order valence-electron chi connectivity index (χ3n) is 3.65. The molecule has 0 saturated heterocycles. The zero-order valence-electron chi connectivity index (χ0n) is 11.9. The van der Waals surface area contributed by atoms with E-state index in [0.29, 0.717) is 26.7 Å². The number of nitrogens with zero attached hydrogens (tertiary/aromatic N) is 1. The van der Waals surface area contributed by atoms with Crippen LogP contribution in [-0.2, 0) is 6.54 Å². The normalized spacial score (nSPS) is 13.2. The molecule has 0 unspecified atom stereocenters. The molecule has 3 rings (SSSR count). The molecule has 0 spiro atoms. The van der Waals surface area contributed by atoms with E-state index in [9.17, 15) is 14.4 Å². The third kappa shape index (κ3) is 2.64. The smallest absolute Gasteiger partial charge is 0.265 e. The summed E-state index contributed by atoms with van der Waals surface area (Å²) in [5.74, 6) is 4.04. The topological polar surface area (TPSA) is 92.5 Å². The van der Waals surface area contributed by atoms with Crippen LogP contribution in [0.4, 0.5) is 0 Å². The molecule has 0 atom stereocenters. The molecule has 6 nitrogen and oxygen atoms in total. The Morgan fingerprint density at radius 1 is 1.09 bits per heavy atom. The Bertz CT molecular complexity index is 800. The standard InChI is InChI=1S/C16H12BrN3O3/c17-13-7-9(14(21)19-18)5-6-10(13)8-20-15(22)11-3-1-2-4-12(11)16(20)23/h1-7H,8,18H2,(H,19,21). The number of nitrogens with two attached hydrogens (primary N) is 1. The van der Waals surface area contributed by atoms with Crippen molar-refractivity contribution in [2.45, 2.75) is 6.54 Å². The summed E-state index contributed by atoms with van der Waals surface area (Å²) in [5, 5.41) is 0. The number of amides is 3. The van der Waals surface area contributed by atoms with Gasteiger partial charge in [0.15, 0.2) is 0 Å². The minimum atomic E-state index is -0.419. The molecule has 0 saturated carbocycles. The number of carbonyl (C=O) groups is 3. The van der Waals surface area contributed by atoms with Gasteiger partial charge in [0.05, 0.1) is 17.7 Å². The molecule has 1 aliphatic heterocycles. The predicted molar refractivity (Wildman–Crippen MR) is 86.4 cm³/mol. The van der Waals surface area contributed by atoms with Gasteiger partial charge in [0, 0.05) is 10.0 Å². The number of imide groups is 1. The van der Waals surface area contributed by atoms with E-state index >= 15 is 0 Å². The first kappa shape index (κ1) is 15.4. The fourth-order valence-corrected chi connectivity index (χ4v) is 2.96. The van der Waals surface area contributed by atoms with Crippen LogP contribution in [0.15, 0.2) is 46.9 Å². The molecule has 2 aromatic rings. The lowest BCUT2D eigenvalue weighted by atomic mass is 10.1. The van der Waals surface area contributed by atoms with Crippen LogP contribution >= 0.6 is 15.9 Å². The summed E-state index contributed by atoms with van der Waals surface area (Å²) < 4.78 is 0.621. The fraction of sp³-hybridized carbons (Fsp3) is 0.0625. The van der Waals surface area contributed by atoms with Crippen LogP contribution in [0.5, 0.6) is 0 Å². The minimum absolute atomic E-state index is 0.122. The van der Waals surface area contributed by atoms with Crippen molar-refractivity contribution in [3.8, 4) is 0 Å². The molecule has 23 heavy (non-hydrogen) atoms. The number of rotatable bonds is 3. The maximum Gasteiger partial charge on any atom is 0.265 e. The number of hydrazine groups is 1. The summed E-state index contributed by atoms with van der Waals surface area (Å²) in [5.41, 5.74) is 3.96. The number of benzene rings is 2. The Labute approximate surface area is 140 Å². The quantitative estimate of drug-likeness (QED) is 0.371. The van der Waals surface area contributed by atoms with E-state index < -0.39 is 5.91 Å². The van der Waals surface area contributed by atoms with E-state index in [1.807, 2.05) is 5.43 Å². The van der Waals surface area contributed by atoms with Crippen LogP contribution in [-0.4, -0.2) is 22.6 Å². The lowest BCUT2D eigenvalue weighted by molar-refractivity contribution is 0.0641. The van der Waals surface area contributed by atoms with Gasteiger partial charge in [-0.15, -0.1) is 0 Å². The van der Waals surface area contributed by atoms with E-state index in [4.69, 9.17) is 5.84 Å². The first-order chi connectivity index (χ1) is 11.0. The molecule has 2 aromatic carbocycles. The number of nitrogen functional groups attached to an aromatic ring is 1. The molecule has 0 aliphatic carbocycles. The Balaban J connectivity index is 1.88. The van der Waals surface area contributed by atoms with Crippen molar-refractivity contribution in [1.29, 1.82) is 0 Å². The lowest BCUT2D eigenvalue weighted by Crippen LogP contribution is -2.30. The van der Waals surface area contributed by atoms with Crippen molar-refractivity contribution in [3.05, 3.63) is 69.2 Å². The maximum absolute atomic E-state index is 12.4. The SMILES string of the molecule is NNC(=O)c1ccc(CN2C(=O)c3ccccc3C2=O)c(Br)c1. The van der Waals surface area contributed by atoms with E-state index in [1.54, 1.807) is 42.5 Å². The average Bonchev–Trinajstić information content (AvgIpc) is 2.81. The van der Waals surface area contributed by atoms with Gasteiger partial charge in [0.25, 0.3) is 17.7 Å². The van der Waals surface area contributed by atoms with Crippen LogP contribution in [0.3, 0.4) is 0 Å². The lowest BCUT2D eigenvalue weighted by Gasteiger charge is -2.15. The van der Waals surface area contributed by atoms with Crippen molar-refractivity contribution in [2.75, 3.05) is 0 Å². The van der Waals surface area contributed by atoms with Crippen LogP contribution in [0.25, 0.3) is 0 Å². The maximum atomic E-state index is 12.4. The summed E-state index contributed by atoms with van der Waals surface area (Å²) >= 11 is 3.36. The number of fused-ring (bicyclic) bond motifs is 1. The third-order valence-corrected chi connectivity index (χ3v) is 4.39. The monoisotopic (exact) mass is 373 g/mol. The van der Waals surface area contributed by atoms with Crippen molar-refractivity contribution in [1.82, 2.24) is 10.3 Å². The second-order valence-electron chi connectivity index (χ2n) is 5.02. The van der Waals surface area contributed by atoms with Gasteiger partial charge >= 0.3 is 0 Å². The second-order valence-corrected chi connectivity index (χ2v) is 5.88. The van der Waals surface area contributed by atoms with Crippen LogP contribution in [0, 0.1) is 0 Å². The Hall–Kier alpha value is -2.51. The Kier molecular flexibility index (Phi) is 3.97. The first-order valence-corrected chi connectivity index (χ1v) is 7.57. The van der Waals surface area contributed by atoms with Crippen LogP contribution < -0.4 is 11.3 Å². The summed E-state index contributed by atoms with van der Waals surface area (Å²) in [7, 11) is 0. The largest absolute Gasteiger partial charge is 0.290 e. The number of hydrogen-bond donors (Lipinski definition) is 2. The van der Waals surface area contributed by atoms with Crippen molar-refractivity contribution in [2.24, 2.45) is 5.84 Å². The van der Waals surface area contributed by atoms with Gasteiger partial charge in [-0.1, -0.05) is 34.1 Å². The van der Waals surface area contributed by atoms with E-state index in [-0.39, 0.29) is 18.4 Å². The highest BCUT2D eigenvalue weighted by Gasteiger charge is 2.35. The van der Waals surface area contributed by atoms with E-state index in [0.717, 1.165) is 0 Å². The van der Waals surface area contributed by atoms with Gasteiger partial charge < -0.3 is 0 Å². The highest BCUT2D eigenvalue weighted by Crippen LogP contribution is 2.27. The summed E-state index contributed by atoms with van der Waals surface area (Å²) in [4.78, 5) is 37.4.